The molecule has 0 radical (unpaired) electrons. The number of aliphatic hydroxyl groups is 1. The van der Waals surface area contributed by atoms with Crippen molar-refractivity contribution in [2.24, 2.45) is 5.92 Å². The minimum Gasteiger partial charge on any atom is -0.396 e. The molecular weight excluding hydrogens is 388 g/mol. The van der Waals surface area contributed by atoms with Crippen molar-refractivity contribution in [3.05, 3.63) is 59.0 Å². The lowest BCUT2D eigenvalue weighted by Crippen LogP contribution is -2.33. The van der Waals surface area contributed by atoms with Gasteiger partial charge in [0.2, 0.25) is 0 Å². The van der Waals surface area contributed by atoms with Crippen LogP contribution in [0.2, 0.25) is 0 Å². The number of aliphatic hydroxyl groups excluding tert-OH is 1. The molecule has 6 heteroatoms. The monoisotopic (exact) mass is 420 g/mol. The summed E-state index contributed by atoms with van der Waals surface area (Å²) in [5.74, 6) is 1.47. The van der Waals surface area contributed by atoms with Gasteiger partial charge in [-0.1, -0.05) is 0 Å². The van der Waals surface area contributed by atoms with Gasteiger partial charge in [-0.25, -0.2) is 4.98 Å². The lowest BCUT2D eigenvalue weighted by molar-refractivity contribution is 0.261. The van der Waals surface area contributed by atoms with Gasteiger partial charge in [-0.2, -0.15) is 0 Å². The maximum Gasteiger partial charge on any atom is 0.251 e. The maximum atomic E-state index is 12.3. The molecule has 0 spiro atoms. The van der Waals surface area contributed by atoms with Crippen molar-refractivity contribution in [2.45, 2.75) is 45.6 Å². The fourth-order valence-electron chi connectivity index (χ4n) is 4.52. The van der Waals surface area contributed by atoms with E-state index in [1.54, 1.807) is 10.6 Å². The zero-order valence-corrected chi connectivity index (χ0v) is 18.4. The van der Waals surface area contributed by atoms with Gasteiger partial charge in [-0.15, -0.1) is 0 Å². The van der Waals surface area contributed by atoms with E-state index >= 15 is 0 Å². The quantitative estimate of drug-likeness (QED) is 0.579. The highest BCUT2D eigenvalue weighted by Gasteiger charge is 2.19. The smallest absolute Gasteiger partial charge is 0.251 e. The lowest BCUT2D eigenvalue weighted by Gasteiger charge is -2.33. The minimum atomic E-state index is 0.00383. The molecule has 164 valence electrons. The summed E-state index contributed by atoms with van der Waals surface area (Å²) < 4.78 is 1.80. The molecule has 0 aliphatic carbocycles. The van der Waals surface area contributed by atoms with E-state index in [2.05, 4.69) is 39.5 Å². The van der Waals surface area contributed by atoms with Crippen LogP contribution in [-0.2, 0) is 0 Å². The Kier molecular flexibility index (Phi) is 6.56. The molecule has 2 N–H and O–H groups in total. The standard InChI is InChI=1S/C25H32N4O2/c1-18(2)29-23-16-24(26-17-20(23)5-10-25(29)31)27-21-6-8-22(9-7-21)28-13-11-19(12-14-28)4-3-15-30/h5-10,16-19,30H,3-4,11-15H2,1-2H3,(H,26,27). The first-order chi connectivity index (χ1) is 15.0. The fraction of sp³-hybridized carbons (Fsp3) is 0.440. The molecule has 1 fully saturated rings. The van der Waals surface area contributed by atoms with Crippen LogP contribution >= 0.6 is 0 Å². The molecule has 0 atom stereocenters. The van der Waals surface area contributed by atoms with E-state index in [1.165, 1.54) is 18.5 Å². The summed E-state index contributed by atoms with van der Waals surface area (Å²) in [6, 6.07) is 13.9. The first-order valence-corrected chi connectivity index (χ1v) is 11.3. The van der Waals surface area contributed by atoms with E-state index in [9.17, 15) is 4.79 Å². The summed E-state index contributed by atoms with van der Waals surface area (Å²) >= 11 is 0. The van der Waals surface area contributed by atoms with Crippen LogP contribution in [0, 0.1) is 5.92 Å². The van der Waals surface area contributed by atoms with E-state index in [1.807, 2.05) is 32.2 Å². The highest BCUT2D eigenvalue weighted by Crippen LogP contribution is 2.28. The van der Waals surface area contributed by atoms with Gasteiger partial charge in [0.1, 0.15) is 5.82 Å². The molecule has 0 amide bonds. The number of nitrogens with one attached hydrogen (secondary N) is 1. The molecule has 3 aromatic rings. The number of aromatic nitrogens is 2. The van der Waals surface area contributed by atoms with Crippen molar-refractivity contribution in [3.8, 4) is 0 Å². The SMILES string of the molecule is CC(C)n1c(=O)ccc2cnc(Nc3ccc(N4CCC(CCCO)CC4)cc3)cc21. The summed E-state index contributed by atoms with van der Waals surface area (Å²) in [7, 11) is 0. The topological polar surface area (TPSA) is 70.4 Å². The number of pyridine rings is 2. The van der Waals surface area contributed by atoms with Crippen molar-refractivity contribution in [2.75, 3.05) is 29.9 Å². The van der Waals surface area contributed by atoms with Crippen LogP contribution < -0.4 is 15.8 Å². The Labute approximate surface area is 183 Å². The van der Waals surface area contributed by atoms with Gasteiger partial charge < -0.3 is 19.9 Å². The number of nitrogens with zero attached hydrogens (tertiary/aromatic N) is 3. The summed E-state index contributed by atoms with van der Waals surface area (Å²) in [4.78, 5) is 19.3. The summed E-state index contributed by atoms with van der Waals surface area (Å²) in [6.45, 7) is 6.48. The van der Waals surface area contributed by atoms with Crippen molar-refractivity contribution in [3.63, 3.8) is 0 Å². The highest BCUT2D eigenvalue weighted by atomic mass is 16.2. The third-order valence-electron chi connectivity index (χ3n) is 6.22. The number of rotatable bonds is 7. The number of piperidine rings is 1. The molecule has 4 rings (SSSR count). The molecule has 2 aromatic heterocycles. The number of benzene rings is 1. The largest absolute Gasteiger partial charge is 0.396 e. The van der Waals surface area contributed by atoms with Crippen LogP contribution in [0.15, 0.2) is 53.5 Å². The molecule has 6 nitrogen and oxygen atoms in total. The van der Waals surface area contributed by atoms with E-state index in [4.69, 9.17) is 5.11 Å². The number of hydrogen-bond acceptors (Lipinski definition) is 5. The minimum absolute atomic E-state index is 0.00383. The summed E-state index contributed by atoms with van der Waals surface area (Å²) in [5, 5.41) is 13.4. The molecule has 0 saturated carbocycles. The predicted molar refractivity (Wildman–Crippen MR) is 127 cm³/mol. The molecule has 1 aliphatic heterocycles. The summed E-state index contributed by atoms with van der Waals surface area (Å²) in [6.07, 6.45) is 6.25. The van der Waals surface area contributed by atoms with Gasteiger partial charge >= 0.3 is 0 Å². The van der Waals surface area contributed by atoms with Gasteiger partial charge in [0.15, 0.2) is 0 Å². The first-order valence-electron chi connectivity index (χ1n) is 11.3. The van der Waals surface area contributed by atoms with Crippen molar-refractivity contribution >= 4 is 28.1 Å². The third-order valence-corrected chi connectivity index (χ3v) is 6.22. The highest BCUT2D eigenvalue weighted by molar-refractivity contribution is 5.81. The second-order valence-corrected chi connectivity index (χ2v) is 8.73. The Morgan fingerprint density at radius 2 is 1.87 bits per heavy atom. The number of anilines is 3. The van der Waals surface area contributed by atoms with Gasteiger partial charge in [0.05, 0.1) is 5.52 Å². The fourth-order valence-corrected chi connectivity index (χ4v) is 4.52. The van der Waals surface area contributed by atoms with E-state index in [-0.39, 0.29) is 11.6 Å². The van der Waals surface area contributed by atoms with Crippen molar-refractivity contribution in [1.29, 1.82) is 0 Å². The van der Waals surface area contributed by atoms with Crippen molar-refractivity contribution in [1.82, 2.24) is 9.55 Å². The zero-order chi connectivity index (χ0) is 21.8. The van der Waals surface area contributed by atoms with Crippen LogP contribution in [-0.4, -0.2) is 34.4 Å². The molecule has 0 bridgehead atoms. The van der Waals surface area contributed by atoms with Crippen molar-refractivity contribution < 1.29 is 5.11 Å². The Hall–Kier alpha value is -2.86. The van der Waals surface area contributed by atoms with Crippen LogP contribution in [0.4, 0.5) is 17.2 Å². The maximum absolute atomic E-state index is 12.3. The van der Waals surface area contributed by atoms with E-state index in [0.717, 1.165) is 54.3 Å². The van der Waals surface area contributed by atoms with Crippen LogP contribution in [0.25, 0.3) is 10.9 Å². The molecule has 0 unspecified atom stereocenters. The summed E-state index contributed by atoms with van der Waals surface area (Å²) in [5.41, 5.74) is 3.11. The van der Waals surface area contributed by atoms with Crippen LogP contribution in [0.1, 0.15) is 45.6 Å². The molecular formula is C25H32N4O2. The zero-order valence-electron chi connectivity index (χ0n) is 18.4. The van der Waals surface area contributed by atoms with Gasteiger partial charge in [0, 0.05) is 60.8 Å². The Bertz CT molecular complexity index is 1070. The lowest BCUT2D eigenvalue weighted by atomic mass is 9.92. The molecule has 1 aliphatic rings. The molecule has 3 heterocycles. The van der Waals surface area contributed by atoms with E-state index in [0.29, 0.717) is 6.61 Å². The number of hydrogen-bond donors (Lipinski definition) is 2. The normalized spacial score (nSPS) is 15.0. The Balaban J connectivity index is 1.45. The van der Waals surface area contributed by atoms with Gasteiger partial charge in [-0.3, -0.25) is 4.79 Å². The molecule has 1 saturated heterocycles. The van der Waals surface area contributed by atoms with E-state index < -0.39 is 0 Å². The van der Waals surface area contributed by atoms with Gasteiger partial charge in [0.25, 0.3) is 5.56 Å². The Morgan fingerprint density at radius 3 is 2.55 bits per heavy atom. The average molecular weight is 421 g/mol. The molecule has 1 aromatic carbocycles. The Morgan fingerprint density at radius 1 is 1.13 bits per heavy atom. The van der Waals surface area contributed by atoms with Crippen LogP contribution in [0.3, 0.4) is 0 Å². The third kappa shape index (κ3) is 4.90. The van der Waals surface area contributed by atoms with Crippen LogP contribution in [0.5, 0.6) is 0 Å². The second-order valence-electron chi connectivity index (χ2n) is 8.73. The second kappa shape index (κ2) is 9.52. The molecule has 31 heavy (non-hydrogen) atoms. The number of fused-ring (bicyclic) bond motifs is 1. The predicted octanol–water partition coefficient (Wildman–Crippen LogP) is 4.71. The van der Waals surface area contributed by atoms with Gasteiger partial charge in [-0.05, 0) is 75.8 Å². The first kappa shape index (κ1) is 21.4. The average Bonchev–Trinajstić information content (AvgIpc) is 2.78.